The molecule has 0 N–H and O–H groups in total. The molecule has 0 bridgehead atoms. The molecule has 76 valence electrons. The maximum absolute atomic E-state index is 13.0. The van der Waals surface area contributed by atoms with Crippen LogP contribution in [0.3, 0.4) is 0 Å². The average Bonchev–Trinajstić information content (AvgIpc) is 2.14. The predicted molar refractivity (Wildman–Crippen MR) is 59.1 cm³/mol. The highest BCUT2D eigenvalue weighted by molar-refractivity contribution is 9.10. The Balaban J connectivity index is 2.81. The summed E-state index contributed by atoms with van der Waals surface area (Å²) in [6.07, 6.45) is 3.80. The van der Waals surface area contributed by atoms with Crippen LogP contribution in [-0.4, -0.2) is 6.61 Å². The minimum Gasteiger partial charge on any atom is -0.488 e. The third-order valence-electron chi connectivity index (χ3n) is 1.78. The Labute approximate surface area is 91.7 Å². The molecular weight excluding hydrogens is 247 g/mol. The number of aryl methyl sites for hydroxylation is 1. The molecular formula is C11H12BrFO. The highest BCUT2D eigenvalue weighted by Gasteiger charge is 2.05. The Morgan fingerprint density at radius 2 is 2.21 bits per heavy atom. The molecule has 14 heavy (non-hydrogen) atoms. The summed E-state index contributed by atoms with van der Waals surface area (Å²) in [6, 6.07) is 3.10. The van der Waals surface area contributed by atoms with Crippen molar-refractivity contribution in [2.24, 2.45) is 0 Å². The van der Waals surface area contributed by atoms with Crippen molar-refractivity contribution >= 4 is 15.9 Å². The summed E-state index contributed by atoms with van der Waals surface area (Å²) in [6.45, 7) is 4.14. The fourth-order valence-corrected chi connectivity index (χ4v) is 1.41. The zero-order valence-electron chi connectivity index (χ0n) is 8.18. The number of hydrogen-bond donors (Lipinski definition) is 0. The average molecular weight is 259 g/mol. The molecule has 1 nitrogen and oxygen atoms in total. The van der Waals surface area contributed by atoms with Gasteiger partial charge in [-0.2, -0.15) is 0 Å². The number of benzene rings is 1. The highest BCUT2D eigenvalue weighted by atomic mass is 79.9. The van der Waals surface area contributed by atoms with Gasteiger partial charge in [-0.15, -0.1) is 0 Å². The standard InChI is InChI=1S/C11H12BrFO/c1-3-4-5-14-11-6-8(2)10(13)7-9(11)12/h3-4,6-7H,5H2,1-2H3. The maximum Gasteiger partial charge on any atom is 0.134 e. The van der Waals surface area contributed by atoms with E-state index < -0.39 is 0 Å². The second-order valence-corrected chi connectivity index (χ2v) is 3.77. The minimum absolute atomic E-state index is 0.227. The summed E-state index contributed by atoms with van der Waals surface area (Å²) in [5, 5.41) is 0. The molecule has 0 aliphatic heterocycles. The van der Waals surface area contributed by atoms with Crippen LogP contribution in [0.5, 0.6) is 5.75 Å². The number of halogens is 2. The molecule has 0 atom stereocenters. The largest absolute Gasteiger partial charge is 0.488 e. The number of allylic oxidation sites excluding steroid dienone is 1. The van der Waals surface area contributed by atoms with Crippen molar-refractivity contribution in [3.63, 3.8) is 0 Å². The molecule has 0 aromatic heterocycles. The van der Waals surface area contributed by atoms with E-state index in [-0.39, 0.29) is 5.82 Å². The fourth-order valence-electron chi connectivity index (χ4n) is 0.975. The van der Waals surface area contributed by atoms with Crippen LogP contribution in [0, 0.1) is 12.7 Å². The molecule has 0 amide bonds. The molecule has 0 aliphatic carbocycles. The van der Waals surface area contributed by atoms with Gasteiger partial charge in [-0.1, -0.05) is 12.2 Å². The van der Waals surface area contributed by atoms with Crippen LogP contribution in [0.25, 0.3) is 0 Å². The Bertz CT molecular complexity index is 347. The van der Waals surface area contributed by atoms with Crippen molar-refractivity contribution in [3.8, 4) is 5.75 Å². The van der Waals surface area contributed by atoms with E-state index >= 15 is 0 Å². The smallest absolute Gasteiger partial charge is 0.134 e. The van der Waals surface area contributed by atoms with Crippen LogP contribution in [0.4, 0.5) is 4.39 Å². The zero-order chi connectivity index (χ0) is 10.6. The first-order valence-electron chi connectivity index (χ1n) is 4.34. The first-order chi connectivity index (χ1) is 6.65. The Morgan fingerprint density at radius 1 is 1.50 bits per heavy atom. The molecule has 0 saturated heterocycles. The van der Waals surface area contributed by atoms with E-state index in [0.717, 1.165) is 0 Å². The van der Waals surface area contributed by atoms with Crippen LogP contribution in [0.1, 0.15) is 12.5 Å². The Morgan fingerprint density at radius 3 is 2.86 bits per heavy atom. The number of hydrogen-bond acceptors (Lipinski definition) is 1. The van der Waals surface area contributed by atoms with Crippen molar-refractivity contribution in [3.05, 3.63) is 40.1 Å². The van der Waals surface area contributed by atoms with Crippen LogP contribution in [-0.2, 0) is 0 Å². The molecule has 0 aliphatic rings. The van der Waals surface area contributed by atoms with E-state index in [2.05, 4.69) is 15.9 Å². The van der Waals surface area contributed by atoms with Gasteiger partial charge in [-0.3, -0.25) is 0 Å². The lowest BCUT2D eigenvalue weighted by Gasteiger charge is -2.07. The van der Waals surface area contributed by atoms with E-state index in [1.54, 1.807) is 13.0 Å². The van der Waals surface area contributed by atoms with Gasteiger partial charge in [0.2, 0.25) is 0 Å². The Hall–Kier alpha value is -0.830. The summed E-state index contributed by atoms with van der Waals surface area (Å²) >= 11 is 3.24. The first-order valence-corrected chi connectivity index (χ1v) is 5.14. The number of ether oxygens (including phenoxy) is 1. The number of rotatable bonds is 3. The van der Waals surface area contributed by atoms with Gasteiger partial charge < -0.3 is 4.74 Å². The highest BCUT2D eigenvalue weighted by Crippen LogP contribution is 2.27. The predicted octanol–water partition coefficient (Wildman–Crippen LogP) is 3.85. The molecule has 1 rings (SSSR count). The van der Waals surface area contributed by atoms with E-state index in [1.165, 1.54) is 6.07 Å². The van der Waals surface area contributed by atoms with Gasteiger partial charge in [0.15, 0.2) is 0 Å². The molecule has 1 aromatic carbocycles. The van der Waals surface area contributed by atoms with Crippen LogP contribution in [0.15, 0.2) is 28.8 Å². The SMILES string of the molecule is CC=CCOc1cc(C)c(F)cc1Br. The van der Waals surface area contributed by atoms with Gasteiger partial charge in [-0.25, -0.2) is 4.39 Å². The van der Waals surface area contributed by atoms with Crippen LogP contribution >= 0.6 is 15.9 Å². The molecule has 1 aromatic rings. The van der Waals surface area contributed by atoms with Crippen molar-refractivity contribution < 1.29 is 9.13 Å². The van der Waals surface area contributed by atoms with Crippen LogP contribution in [0.2, 0.25) is 0 Å². The summed E-state index contributed by atoms with van der Waals surface area (Å²) in [7, 11) is 0. The summed E-state index contributed by atoms with van der Waals surface area (Å²) < 4.78 is 19.1. The van der Waals surface area contributed by atoms with Gasteiger partial charge in [0.1, 0.15) is 18.2 Å². The third kappa shape index (κ3) is 2.84. The third-order valence-corrected chi connectivity index (χ3v) is 2.40. The minimum atomic E-state index is -0.227. The Kier molecular flexibility index (Phi) is 4.14. The monoisotopic (exact) mass is 258 g/mol. The van der Waals surface area contributed by atoms with Gasteiger partial charge >= 0.3 is 0 Å². The normalized spacial score (nSPS) is 10.9. The summed E-state index contributed by atoms with van der Waals surface area (Å²) in [4.78, 5) is 0. The maximum atomic E-state index is 13.0. The van der Waals surface area contributed by atoms with Gasteiger partial charge in [-0.05, 0) is 47.5 Å². The molecule has 0 radical (unpaired) electrons. The zero-order valence-corrected chi connectivity index (χ0v) is 9.77. The lowest BCUT2D eigenvalue weighted by molar-refractivity contribution is 0.359. The van der Waals surface area contributed by atoms with Crippen LogP contribution < -0.4 is 4.74 Å². The van der Waals surface area contributed by atoms with Crippen molar-refractivity contribution in [2.45, 2.75) is 13.8 Å². The molecule has 0 saturated carbocycles. The molecule has 0 fully saturated rings. The topological polar surface area (TPSA) is 9.23 Å². The van der Waals surface area contributed by atoms with Crippen molar-refractivity contribution in [1.82, 2.24) is 0 Å². The van der Waals surface area contributed by atoms with Gasteiger partial charge in [0.05, 0.1) is 4.47 Å². The van der Waals surface area contributed by atoms with E-state index in [4.69, 9.17) is 4.74 Å². The molecule has 0 heterocycles. The molecule has 0 spiro atoms. The molecule has 3 heteroatoms. The summed E-state index contributed by atoms with van der Waals surface area (Å²) in [5.74, 6) is 0.442. The van der Waals surface area contributed by atoms with E-state index in [1.807, 2.05) is 19.1 Å². The van der Waals surface area contributed by atoms with Crippen molar-refractivity contribution in [1.29, 1.82) is 0 Å². The summed E-state index contributed by atoms with van der Waals surface area (Å²) in [5.41, 5.74) is 0.587. The van der Waals surface area contributed by atoms with E-state index in [0.29, 0.717) is 22.4 Å². The fraction of sp³-hybridized carbons (Fsp3) is 0.273. The van der Waals surface area contributed by atoms with Gasteiger partial charge in [0.25, 0.3) is 0 Å². The molecule has 0 unspecified atom stereocenters. The van der Waals surface area contributed by atoms with Crippen molar-refractivity contribution in [2.75, 3.05) is 6.61 Å². The van der Waals surface area contributed by atoms with E-state index in [9.17, 15) is 4.39 Å². The van der Waals surface area contributed by atoms with Gasteiger partial charge in [0, 0.05) is 0 Å². The lowest BCUT2D eigenvalue weighted by Crippen LogP contribution is -1.95. The first kappa shape index (κ1) is 11.2. The second kappa shape index (κ2) is 5.15. The quantitative estimate of drug-likeness (QED) is 0.749. The lowest BCUT2D eigenvalue weighted by atomic mass is 10.2. The second-order valence-electron chi connectivity index (χ2n) is 2.91.